The van der Waals surface area contributed by atoms with E-state index in [1.165, 1.54) is 55.2 Å². The summed E-state index contributed by atoms with van der Waals surface area (Å²) >= 11 is 0. The zero-order valence-corrected chi connectivity index (χ0v) is 31.8. The molecule has 0 aromatic heterocycles. The Morgan fingerprint density at radius 2 is 1.59 bits per heavy atom. The molecule has 3 nitrogen and oxygen atoms in total. The molecule has 3 heteroatoms. The first-order valence-electron chi connectivity index (χ1n) is 20.4. The minimum absolute atomic E-state index is 0.0322. The number of phenols is 1. The van der Waals surface area contributed by atoms with Crippen LogP contribution in [0, 0.1) is 63.6 Å². The van der Waals surface area contributed by atoms with Crippen molar-refractivity contribution in [3.8, 4) is 5.75 Å². The average molecular weight is 667 g/mol. The van der Waals surface area contributed by atoms with Crippen LogP contribution in [0.3, 0.4) is 0 Å². The number of aliphatic hydroxyl groups is 1. The average Bonchev–Trinajstić information content (AvgIpc) is 3.59. The zero-order chi connectivity index (χ0) is 34.9. The number of aliphatic hydroxyl groups excluding tert-OH is 1. The van der Waals surface area contributed by atoms with Gasteiger partial charge in [0, 0.05) is 11.8 Å². The molecule has 1 aromatic carbocycles. The Bertz CT molecular complexity index is 1510. The third-order valence-corrected chi connectivity index (χ3v) is 16.4. The van der Waals surface area contributed by atoms with Gasteiger partial charge in [-0.15, -0.1) is 0 Å². The van der Waals surface area contributed by atoms with E-state index in [9.17, 15) is 15.0 Å². The van der Waals surface area contributed by atoms with Crippen molar-refractivity contribution in [2.45, 2.75) is 144 Å². The Labute approximate surface area is 298 Å². The SMILES string of the molecule is CC(C)[C@@H](C)/C=C/[C@@H](C)[C@H]1CC[C@H]2C3=CC=C4C[C@@H](O)CC[C@]4(C)[C@H]3CC[C@]12C.C[C@]12CC[C@@H]3c4ccc(O)cc4CC[C@H]3[C@@H]1CCC2=O. The largest absolute Gasteiger partial charge is 0.508 e. The lowest BCUT2D eigenvalue weighted by Crippen LogP contribution is -2.46. The lowest BCUT2D eigenvalue weighted by atomic mass is 9.50. The van der Waals surface area contributed by atoms with E-state index in [0.29, 0.717) is 52.0 Å². The molecule has 1 aromatic rings. The third kappa shape index (κ3) is 5.94. The van der Waals surface area contributed by atoms with Gasteiger partial charge in [-0.25, -0.2) is 0 Å². The van der Waals surface area contributed by atoms with E-state index < -0.39 is 0 Å². The lowest BCUT2D eigenvalue weighted by molar-refractivity contribution is -0.129. The molecule has 2 N–H and O–H groups in total. The maximum atomic E-state index is 12.3. The van der Waals surface area contributed by atoms with E-state index in [4.69, 9.17) is 0 Å². The van der Waals surface area contributed by atoms with Crippen molar-refractivity contribution in [3.63, 3.8) is 0 Å². The second-order valence-corrected chi connectivity index (χ2v) is 19.1. The van der Waals surface area contributed by atoms with Crippen LogP contribution in [0.5, 0.6) is 5.75 Å². The van der Waals surface area contributed by atoms with Gasteiger partial charge in [0.1, 0.15) is 11.5 Å². The van der Waals surface area contributed by atoms with Crippen LogP contribution < -0.4 is 0 Å². The summed E-state index contributed by atoms with van der Waals surface area (Å²) in [5.74, 6) is 7.17. The molecule has 0 radical (unpaired) electrons. The summed E-state index contributed by atoms with van der Waals surface area (Å²) in [4.78, 5) is 12.3. The summed E-state index contributed by atoms with van der Waals surface area (Å²) in [6, 6.07) is 5.90. The van der Waals surface area contributed by atoms with Crippen LogP contribution in [0.15, 0.2) is 53.6 Å². The van der Waals surface area contributed by atoms with Crippen LogP contribution in [0.2, 0.25) is 0 Å². The second kappa shape index (κ2) is 13.1. The number of carbonyl (C=O) groups excluding carboxylic acids is 1. The van der Waals surface area contributed by atoms with E-state index in [1.54, 1.807) is 5.57 Å². The molecule has 0 spiro atoms. The van der Waals surface area contributed by atoms with Gasteiger partial charge in [0.15, 0.2) is 0 Å². The number of aromatic hydroxyl groups is 1. The highest BCUT2D eigenvalue weighted by molar-refractivity contribution is 5.87. The predicted octanol–water partition coefficient (Wildman–Crippen LogP) is 11.1. The standard InChI is InChI=1S/C28H44O.C18H22O2/c1-18(2)19(3)7-8-20(4)24-11-12-25-23-10-9-21-17-22(29)13-15-27(21,5)26(23)14-16-28(24,25)6;1-18-9-8-14-13-5-3-12(19)10-11(13)2-4-15(14)16(18)6-7-17(18)20/h7-10,18-20,22,24-26,29H,11-17H2,1-6H3;3,5,10,14-16,19H,2,4,6-9H2,1H3/b8-7+;/t19-,20+,22-,24+,25-,26-,27-,28+;14-,15-,16+,18+/m01/s1. The lowest BCUT2D eigenvalue weighted by Gasteiger charge is -2.55. The van der Waals surface area contributed by atoms with Gasteiger partial charge in [-0.1, -0.05) is 90.0 Å². The smallest absolute Gasteiger partial charge is 0.139 e. The fraction of sp³-hybridized carbons (Fsp3) is 0.717. The summed E-state index contributed by atoms with van der Waals surface area (Å²) in [5.41, 5.74) is 6.82. The van der Waals surface area contributed by atoms with Crippen LogP contribution >= 0.6 is 0 Å². The fourth-order valence-electron chi connectivity index (χ4n) is 12.9. The van der Waals surface area contributed by atoms with E-state index in [2.05, 4.69) is 78.8 Å². The molecular weight excluding hydrogens is 601 g/mol. The number of benzene rings is 1. The maximum Gasteiger partial charge on any atom is 0.139 e. The van der Waals surface area contributed by atoms with Crippen molar-refractivity contribution in [2.75, 3.05) is 0 Å². The molecule has 0 saturated heterocycles. The van der Waals surface area contributed by atoms with Crippen LogP contribution in [0.4, 0.5) is 0 Å². The Morgan fingerprint density at radius 3 is 2.37 bits per heavy atom. The zero-order valence-electron chi connectivity index (χ0n) is 31.8. The summed E-state index contributed by atoms with van der Waals surface area (Å²) < 4.78 is 0. The Balaban J connectivity index is 0.000000165. The highest BCUT2D eigenvalue weighted by atomic mass is 16.3. The van der Waals surface area contributed by atoms with Gasteiger partial charge in [0.05, 0.1) is 6.10 Å². The molecule has 7 aliphatic rings. The quantitative estimate of drug-likeness (QED) is 0.314. The summed E-state index contributed by atoms with van der Waals surface area (Å²) in [7, 11) is 0. The van der Waals surface area contributed by atoms with Crippen molar-refractivity contribution in [1.82, 2.24) is 0 Å². The second-order valence-electron chi connectivity index (χ2n) is 19.1. The number of Topliss-reactive ketones (excluding diaryl/α,β-unsaturated/α-hetero) is 1. The van der Waals surface area contributed by atoms with Crippen LogP contribution in [-0.2, 0) is 11.2 Å². The normalized spacial score (nSPS) is 42.0. The van der Waals surface area contributed by atoms with Gasteiger partial charge < -0.3 is 10.2 Å². The fourth-order valence-corrected chi connectivity index (χ4v) is 12.9. The number of hydrogen-bond donors (Lipinski definition) is 2. The first kappa shape index (κ1) is 35.3. The molecule has 0 aliphatic heterocycles. The van der Waals surface area contributed by atoms with Gasteiger partial charge in [0.25, 0.3) is 0 Å². The Kier molecular flexibility index (Phi) is 9.45. The Morgan fingerprint density at radius 1 is 0.816 bits per heavy atom. The summed E-state index contributed by atoms with van der Waals surface area (Å²) in [6.45, 7) is 16.8. The number of aryl methyl sites for hydroxylation is 1. The Hall–Kier alpha value is -2.13. The first-order valence-corrected chi connectivity index (χ1v) is 20.4. The highest BCUT2D eigenvalue weighted by Gasteiger charge is 2.57. The summed E-state index contributed by atoms with van der Waals surface area (Å²) in [6.07, 6.45) is 24.7. The van der Waals surface area contributed by atoms with Crippen molar-refractivity contribution in [1.29, 1.82) is 0 Å². The monoisotopic (exact) mass is 667 g/mol. The minimum atomic E-state index is -0.116. The number of hydrogen-bond acceptors (Lipinski definition) is 3. The number of carbonyl (C=O) groups is 1. The number of rotatable bonds is 4. The predicted molar refractivity (Wildman–Crippen MR) is 201 cm³/mol. The first-order chi connectivity index (χ1) is 23.3. The van der Waals surface area contributed by atoms with Crippen LogP contribution in [-0.4, -0.2) is 22.1 Å². The van der Waals surface area contributed by atoms with Crippen molar-refractivity contribution in [2.24, 2.45) is 63.6 Å². The van der Waals surface area contributed by atoms with Gasteiger partial charge in [-0.3, -0.25) is 4.79 Å². The van der Waals surface area contributed by atoms with Crippen molar-refractivity contribution in [3.05, 3.63) is 64.8 Å². The van der Waals surface area contributed by atoms with E-state index in [0.717, 1.165) is 68.6 Å². The maximum absolute atomic E-state index is 12.3. The highest BCUT2D eigenvalue weighted by Crippen LogP contribution is 2.66. The number of fused-ring (bicyclic) bond motifs is 10. The molecule has 5 fully saturated rings. The molecule has 12 atom stereocenters. The molecule has 0 unspecified atom stereocenters. The molecule has 5 saturated carbocycles. The number of ketones is 1. The van der Waals surface area contributed by atoms with Gasteiger partial charge in [0.2, 0.25) is 0 Å². The molecule has 0 amide bonds. The molecule has 7 aliphatic carbocycles. The topological polar surface area (TPSA) is 57.5 Å². The molecule has 0 heterocycles. The molecule has 8 rings (SSSR count). The van der Waals surface area contributed by atoms with E-state index in [-0.39, 0.29) is 11.5 Å². The molecule has 0 bridgehead atoms. The van der Waals surface area contributed by atoms with Gasteiger partial charge in [-0.05, 0) is 164 Å². The molecular formula is C46H66O3. The third-order valence-electron chi connectivity index (χ3n) is 16.4. The number of allylic oxidation sites excluding steroid dienone is 5. The van der Waals surface area contributed by atoms with Crippen LogP contribution in [0.25, 0.3) is 0 Å². The number of phenolic OH excluding ortho intramolecular Hbond substituents is 1. The molecule has 49 heavy (non-hydrogen) atoms. The van der Waals surface area contributed by atoms with Gasteiger partial charge in [-0.2, -0.15) is 0 Å². The van der Waals surface area contributed by atoms with Gasteiger partial charge >= 0.3 is 0 Å². The van der Waals surface area contributed by atoms with Crippen molar-refractivity contribution < 1.29 is 15.0 Å². The van der Waals surface area contributed by atoms with E-state index >= 15 is 0 Å². The van der Waals surface area contributed by atoms with E-state index in [1.807, 2.05) is 12.1 Å². The molecule has 268 valence electrons. The summed E-state index contributed by atoms with van der Waals surface area (Å²) in [5, 5.41) is 19.9. The van der Waals surface area contributed by atoms with Crippen molar-refractivity contribution >= 4 is 5.78 Å². The minimum Gasteiger partial charge on any atom is -0.508 e. The van der Waals surface area contributed by atoms with Crippen LogP contribution in [0.1, 0.15) is 143 Å².